The number of urea groups is 1. The maximum Gasteiger partial charge on any atom is 0.321 e. The van der Waals surface area contributed by atoms with Crippen LogP contribution in [0.4, 0.5) is 10.5 Å². The minimum absolute atomic E-state index is 0.127. The molecule has 0 spiro atoms. The Morgan fingerprint density at radius 3 is 2.56 bits per heavy atom. The molecule has 2 aromatic carbocycles. The highest BCUT2D eigenvalue weighted by Crippen LogP contribution is 2.28. The van der Waals surface area contributed by atoms with Crippen LogP contribution in [0.5, 0.6) is 0 Å². The number of para-hydroxylation sites is 1. The standard InChI is InChI=1S/C20H23N3O2/c21-19(24)13-15-7-6-12-23(14-15)20(25)22-18-11-5-4-10-17(18)16-8-2-1-3-9-16/h1-5,8-11,15H,6-7,12-14H2,(H2,21,24)(H,22,25). The van der Waals surface area contributed by atoms with Crippen molar-refractivity contribution >= 4 is 17.6 Å². The summed E-state index contributed by atoms with van der Waals surface area (Å²) in [5.41, 5.74) is 8.13. The van der Waals surface area contributed by atoms with E-state index in [9.17, 15) is 9.59 Å². The van der Waals surface area contributed by atoms with Gasteiger partial charge in [0, 0.05) is 25.1 Å². The molecule has 5 nitrogen and oxygen atoms in total. The Morgan fingerprint density at radius 1 is 1.08 bits per heavy atom. The summed E-state index contributed by atoms with van der Waals surface area (Å²) in [6.07, 6.45) is 2.17. The summed E-state index contributed by atoms with van der Waals surface area (Å²) in [6.45, 7) is 1.27. The Hall–Kier alpha value is -2.82. The number of likely N-dealkylation sites (tertiary alicyclic amines) is 1. The number of carbonyl (C=O) groups excluding carboxylic acids is 2. The van der Waals surface area contributed by atoms with Crippen LogP contribution >= 0.6 is 0 Å². The van der Waals surface area contributed by atoms with Crippen molar-refractivity contribution in [3.05, 3.63) is 54.6 Å². The Morgan fingerprint density at radius 2 is 1.80 bits per heavy atom. The van der Waals surface area contributed by atoms with Gasteiger partial charge >= 0.3 is 6.03 Å². The fraction of sp³-hybridized carbons (Fsp3) is 0.300. The van der Waals surface area contributed by atoms with Crippen LogP contribution < -0.4 is 11.1 Å². The Bertz CT molecular complexity index is 746. The molecule has 1 saturated heterocycles. The average molecular weight is 337 g/mol. The van der Waals surface area contributed by atoms with Gasteiger partial charge < -0.3 is 16.0 Å². The summed E-state index contributed by atoms with van der Waals surface area (Å²) in [7, 11) is 0. The zero-order valence-corrected chi connectivity index (χ0v) is 14.2. The molecule has 0 radical (unpaired) electrons. The Kier molecular flexibility index (Phi) is 5.33. The van der Waals surface area contributed by atoms with Gasteiger partial charge in [0.25, 0.3) is 0 Å². The van der Waals surface area contributed by atoms with Crippen LogP contribution in [0.15, 0.2) is 54.6 Å². The lowest BCUT2D eigenvalue weighted by Crippen LogP contribution is -2.43. The number of nitrogens with two attached hydrogens (primary N) is 1. The highest BCUT2D eigenvalue weighted by molar-refractivity contribution is 5.94. The van der Waals surface area contributed by atoms with Crippen molar-refractivity contribution in [2.75, 3.05) is 18.4 Å². The number of rotatable bonds is 4. The second-order valence-corrected chi connectivity index (χ2v) is 6.47. The average Bonchev–Trinajstić information content (AvgIpc) is 2.62. The first-order valence-corrected chi connectivity index (χ1v) is 8.62. The number of piperidine rings is 1. The summed E-state index contributed by atoms with van der Waals surface area (Å²) < 4.78 is 0. The SMILES string of the molecule is NC(=O)CC1CCCN(C(=O)Nc2ccccc2-c2ccccc2)C1. The minimum atomic E-state index is -0.304. The number of hydrogen-bond acceptors (Lipinski definition) is 2. The zero-order valence-electron chi connectivity index (χ0n) is 14.2. The van der Waals surface area contributed by atoms with Gasteiger partial charge in [-0.1, -0.05) is 48.5 Å². The van der Waals surface area contributed by atoms with E-state index in [4.69, 9.17) is 5.73 Å². The lowest BCUT2D eigenvalue weighted by molar-refractivity contribution is -0.119. The molecular formula is C20H23N3O2. The molecule has 0 aromatic heterocycles. The van der Waals surface area contributed by atoms with Crippen LogP contribution in [-0.2, 0) is 4.79 Å². The van der Waals surface area contributed by atoms with E-state index >= 15 is 0 Å². The first-order chi connectivity index (χ1) is 12.1. The molecule has 3 amide bonds. The van der Waals surface area contributed by atoms with E-state index in [1.165, 1.54) is 0 Å². The molecule has 1 unspecified atom stereocenters. The molecule has 0 aliphatic carbocycles. The van der Waals surface area contributed by atoms with Crippen molar-refractivity contribution in [2.45, 2.75) is 19.3 Å². The quantitative estimate of drug-likeness (QED) is 0.896. The molecule has 1 heterocycles. The number of nitrogens with one attached hydrogen (secondary N) is 1. The predicted molar refractivity (Wildman–Crippen MR) is 99.0 cm³/mol. The van der Waals surface area contributed by atoms with Crippen molar-refractivity contribution in [1.82, 2.24) is 4.90 Å². The highest BCUT2D eigenvalue weighted by Gasteiger charge is 2.25. The fourth-order valence-corrected chi connectivity index (χ4v) is 3.36. The second-order valence-electron chi connectivity index (χ2n) is 6.47. The van der Waals surface area contributed by atoms with Gasteiger partial charge in [-0.25, -0.2) is 4.79 Å². The lowest BCUT2D eigenvalue weighted by atomic mass is 9.95. The van der Waals surface area contributed by atoms with E-state index < -0.39 is 0 Å². The molecule has 3 rings (SSSR count). The summed E-state index contributed by atoms with van der Waals surface area (Å²) in [4.78, 5) is 25.6. The molecular weight excluding hydrogens is 314 g/mol. The van der Waals surface area contributed by atoms with E-state index in [1.807, 2.05) is 54.6 Å². The van der Waals surface area contributed by atoms with Crippen molar-refractivity contribution in [3.8, 4) is 11.1 Å². The smallest absolute Gasteiger partial charge is 0.321 e. The zero-order chi connectivity index (χ0) is 17.6. The van der Waals surface area contributed by atoms with Gasteiger partial charge in [0.15, 0.2) is 0 Å². The van der Waals surface area contributed by atoms with Crippen molar-refractivity contribution in [2.24, 2.45) is 11.7 Å². The van der Waals surface area contributed by atoms with Crippen molar-refractivity contribution < 1.29 is 9.59 Å². The third kappa shape index (κ3) is 4.38. The van der Waals surface area contributed by atoms with Gasteiger partial charge in [-0.2, -0.15) is 0 Å². The van der Waals surface area contributed by atoms with Crippen LogP contribution in [0, 0.1) is 5.92 Å². The van der Waals surface area contributed by atoms with Crippen LogP contribution in [0.3, 0.4) is 0 Å². The van der Waals surface area contributed by atoms with Gasteiger partial charge in [-0.3, -0.25) is 4.79 Å². The Labute approximate surface area is 147 Å². The number of benzene rings is 2. The number of amides is 3. The summed E-state index contributed by atoms with van der Waals surface area (Å²) in [5, 5.41) is 3.02. The normalized spacial score (nSPS) is 17.1. The number of hydrogen-bond donors (Lipinski definition) is 2. The second kappa shape index (κ2) is 7.83. The maximum atomic E-state index is 12.7. The van der Waals surface area contributed by atoms with E-state index in [0.29, 0.717) is 19.5 Å². The van der Waals surface area contributed by atoms with Crippen molar-refractivity contribution in [1.29, 1.82) is 0 Å². The molecule has 2 aromatic rings. The van der Waals surface area contributed by atoms with Crippen LogP contribution in [0.2, 0.25) is 0 Å². The molecule has 1 fully saturated rings. The number of carbonyl (C=O) groups is 2. The van der Waals surface area contributed by atoms with E-state index in [0.717, 1.165) is 29.7 Å². The molecule has 130 valence electrons. The highest BCUT2D eigenvalue weighted by atomic mass is 16.2. The van der Waals surface area contributed by atoms with E-state index in [1.54, 1.807) is 4.90 Å². The summed E-state index contributed by atoms with van der Waals surface area (Å²) in [5.74, 6) is -0.150. The number of nitrogens with zero attached hydrogens (tertiary/aromatic N) is 1. The van der Waals surface area contributed by atoms with Gasteiger partial charge in [-0.05, 0) is 30.4 Å². The van der Waals surface area contributed by atoms with Gasteiger partial charge in [-0.15, -0.1) is 0 Å². The molecule has 1 aliphatic heterocycles. The molecule has 0 bridgehead atoms. The molecule has 0 saturated carbocycles. The molecule has 1 atom stereocenters. The van der Waals surface area contributed by atoms with Crippen molar-refractivity contribution in [3.63, 3.8) is 0 Å². The van der Waals surface area contributed by atoms with Crippen LogP contribution in [0.1, 0.15) is 19.3 Å². The lowest BCUT2D eigenvalue weighted by Gasteiger charge is -2.32. The third-order valence-electron chi connectivity index (χ3n) is 4.55. The predicted octanol–water partition coefficient (Wildman–Crippen LogP) is 3.47. The fourth-order valence-electron chi connectivity index (χ4n) is 3.36. The first-order valence-electron chi connectivity index (χ1n) is 8.62. The molecule has 3 N–H and O–H groups in total. The van der Waals surface area contributed by atoms with Gasteiger partial charge in [0.1, 0.15) is 0 Å². The largest absolute Gasteiger partial charge is 0.370 e. The third-order valence-corrected chi connectivity index (χ3v) is 4.55. The first kappa shape index (κ1) is 17.0. The maximum absolute atomic E-state index is 12.7. The molecule has 5 heteroatoms. The summed E-state index contributed by atoms with van der Waals surface area (Å²) in [6, 6.07) is 17.6. The molecule has 25 heavy (non-hydrogen) atoms. The Balaban J connectivity index is 1.72. The topological polar surface area (TPSA) is 75.4 Å². The van der Waals surface area contributed by atoms with E-state index in [2.05, 4.69) is 5.32 Å². The van der Waals surface area contributed by atoms with E-state index in [-0.39, 0.29) is 17.9 Å². The van der Waals surface area contributed by atoms with Crippen LogP contribution in [0.25, 0.3) is 11.1 Å². The van der Waals surface area contributed by atoms with Gasteiger partial charge in [0.2, 0.25) is 5.91 Å². The summed E-state index contributed by atoms with van der Waals surface area (Å²) >= 11 is 0. The number of anilines is 1. The van der Waals surface area contributed by atoms with Gasteiger partial charge in [0.05, 0.1) is 5.69 Å². The minimum Gasteiger partial charge on any atom is -0.370 e. The number of primary amides is 1. The van der Waals surface area contributed by atoms with Crippen LogP contribution in [-0.4, -0.2) is 29.9 Å². The monoisotopic (exact) mass is 337 g/mol. The molecule has 1 aliphatic rings.